The molecule has 0 N–H and O–H groups in total. The van der Waals surface area contributed by atoms with Gasteiger partial charge < -0.3 is 14.5 Å². The van der Waals surface area contributed by atoms with E-state index in [4.69, 9.17) is 21.4 Å². The lowest BCUT2D eigenvalue weighted by Crippen LogP contribution is -2.45. The highest BCUT2D eigenvalue weighted by Gasteiger charge is 2.32. The van der Waals surface area contributed by atoms with Crippen LogP contribution in [0.3, 0.4) is 0 Å². The van der Waals surface area contributed by atoms with Gasteiger partial charge in [-0.3, -0.25) is 14.4 Å². The molecule has 4 aliphatic rings. The van der Waals surface area contributed by atoms with E-state index in [1.165, 1.54) is 6.26 Å². The van der Waals surface area contributed by atoms with Crippen molar-refractivity contribution >= 4 is 27.5 Å². The van der Waals surface area contributed by atoms with Gasteiger partial charge in [-0.1, -0.05) is 17.7 Å². The monoisotopic (exact) mass is 646 g/mol. The molecule has 1 amide bonds. The first-order valence-electron chi connectivity index (χ1n) is 16.4. The molecule has 12 heteroatoms. The van der Waals surface area contributed by atoms with Crippen LogP contribution in [0, 0.1) is 0 Å². The zero-order valence-corrected chi connectivity index (χ0v) is 27.6. The molecule has 2 aromatic rings. The van der Waals surface area contributed by atoms with Crippen molar-refractivity contribution in [3.8, 4) is 11.3 Å². The third kappa shape index (κ3) is 7.50. The molecule has 6 rings (SSSR count). The lowest BCUT2D eigenvalue weighted by atomic mass is 9.99. The molecule has 0 unspecified atom stereocenters. The maximum absolute atomic E-state index is 12.5. The van der Waals surface area contributed by atoms with Crippen LogP contribution >= 0.6 is 11.6 Å². The summed E-state index contributed by atoms with van der Waals surface area (Å²) in [4.78, 5) is 19.2. The van der Waals surface area contributed by atoms with E-state index < -0.39 is 10.0 Å². The first-order chi connectivity index (χ1) is 21.3. The molecule has 3 fully saturated rings. The lowest BCUT2D eigenvalue weighted by molar-refractivity contribution is -0.130. The van der Waals surface area contributed by atoms with E-state index in [1.54, 1.807) is 4.31 Å². The van der Waals surface area contributed by atoms with Crippen molar-refractivity contribution in [1.29, 1.82) is 0 Å². The topological polar surface area (TPSA) is 91.2 Å². The van der Waals surface area contributed by atoms with Gasteiger partial charge in [-0.25, -0.2) is 8.42 Å². The molecule has 10 nitrogen and oxygen atoms in total. The highest BCUT2D eigenvalue weighted by Crippen LogP contribution is 2.33. The Morgan fingerprint density at radius 1 is 0.955 bits per heavy atom. The summed E-state index contributed by atoms with van der Waals surface area (Å²) < 4.78 is 34.2. The van der Waals surface area contributed by atoms with Crippen LogP contribution in [0.15, 0.2) is 18.2 Å². The molecule has 3 saturated heterocycles. The lowest BCUT2D eigenvalue weighted by Gasteiger charge is -2.36. The van der Waals surface area contributed by atoms with Gasteiger partial charge in [0.1, 0.15) is 0 Å². The molecular formula is C32H47ClN6O4S. The smallest absolute Gasteiger partial charge is 0.222 e. The molecule has 1 aromatic heterocycles. The first-order valence-corrected chi connectivity index (χ1v) is 18.6. The number of nitrogens with zero attached hydrogens (tertiary/aromatic N) is 6. The standard InChI is InChI=1S/C32H47ClN6O4S/c1-44(41,42)37-18-11-30-28(24-37)32(26-7-8-29(33)25(23-26)5-2-12-36-19-21-43-22-20-36)34-39(30)15-4-13-35-16-9-27(10-17-35)38-14-3-6-31(38)40/h7-8,23,27H,2-6,9-22,24H2,1H3. The van der Waals surface area contributed by atoms with Crippen molar-refractivity contribution in [3.05, 3.63) is 40.0 Å². The highest BCUT2D eigenvalue weighted by atomic mass is 35.5. The van der Waals surface area contributed by atoms with Gasteiger partial charge in [-0.2, -0.15) is 9.40 Å². The molecule has 0 spiro atoms. The van der Waals surface area contributed by atoms with Crippen LogP contribution in [0.25, 0.3) is 11.3 Å². The second-order valence-corrected chi connectivity index (χ2v) is 15.2. The number of sulfonamides is 1. The maximum Gasteiger partial charge on any atom is 0.222 e. The SMILES string of the molecule is CS(=O)(=O)N1CCc2c(c(-c3ccc(Cl)c(CCCN4CCOCC4)c3)nn2CCCN2CCC(N3CCCC3=O)CC2)C1. The Bertz CT molecular complexity index is 1420. The predicted octanol–water partition coefficient (Wildman–Crippen LogP) is 3.26. The van der Waals surface area contributed by atoms with Crippen molar-refractivity contribution in [2.24, 2.45) is 0 Å². The molecule has 0 aliphatic carbocycles. The molecule has 1 aromatic carbocycles. The fourth-order valence-electron chi connectivity index (χ4n) is 7.35. The predicted molar refractivity (Wildman–Crippen MR) is 172 cm³/mol. The molecule has 0 atom stereocenters. The van der Waals surface area contributed by atoms with Gasteiger partial charge in [0.2, 0.25) is 15.9 Å². The minimum atomic E-state index is -3.31. The van der Waals surface area contributed by atoms with Gasteiger partial charge in [-0.05, 0) is 69.3 Å². The number of aromatic nitrogens is 2. The summed E-state index contributed by atoms with van der Waals surface area (Å²) in [5.74, 6) is 0.331. The van der Waals surface area contributed by atoms with Crippen molar-refractivity contribution in [2.75, 3.05) is 71.8 Å². The maximum atomic E-state index is 12.5. The third-order valence-corrected chi connectivity index (χ3v) is 11.5. The average molecular weight is 647 g/mol. The number of fused-ring (bicyclic) bond motifs is 1. The summed E-state index contributed by atoms with van der Waals surface area (Å²) in [6, 6.07) is 6.55. The minimum Gasteiger partial charge on any atom is -0.379 e. The summed E-state index contributed by atoms with van der Waals surface area (Å²) in [6.45, 7) is 10.2. The Balaban J connectivity index is 1.13. The zero-order chi connectivity index (χ0) is 30.7. The Morgan fingerprint density at radius 2 is 1.70 bits per heavy atom. The van der Waals surface area contributed by atoms with Crippen LogP contribution in [-0.4, -0.2) is 121 Å². The summed E-state index contributed by atoms with van der Waals surface area (Å²) >= 11 is 6.66. The quantitative estimate of drug-likeness (QED) is 0.370. The van der Waals surface area contributed by atoms with Gasteiger partial charge in [0.05, 0.1) is 25.2 Å². The van der Waals surface area contributed by atoms with Crippen LogP contribution < -0.4 is 0 Å². The molecule has 242 valence electrons. The van der Waals surface area contributed by atoms with E-state index in [0.717, 1.165) is 137 Å². The number of aryl methyl sites for hydroxylation is 2. The summed E-state index contributed by atoms with van der Waals surface area (Å²) in [5, 5.41) is 5.89. The molecular weight excluding hydrogens is 600 g/mol. The van der Waals surface area contributed by atoms with Gasteiger partial charge in [0.25, 0.3) is 0 Å². The normalized spacial score (nSPS) is 21.3. The van der Waals surface area contributed by atoms with E-state index in [0.29, 0.717) is 37.9 Å². The number of morpholine rings is 1. The van der Waals surface area contributed by atoms with E-state index >= 15 is 0 Å². The Hall–Kier alpha value is -2.02. The van der Waals surface area contributed by atoms with Crippen LogP contribution in [0.2, 0.25) is 5.02 Å². The van der Waals surface area contributed by atoms with E-state index in [2.05, 4.69) is 25.4 Å². The number of amides is 1. The molecule has 4 aliphatic heterocycles. The number of likely N-dealkylation sites (tertiary alicyclic amines) is 2. The Kier molecular flexibility index (Phi) is 10.3. The van der Waals surface area contributed by atoms with Crippen LogP contribution in [0.5, 0.6) is 0 Å². The largest absolute Gasteiger partial charge is 0.379 e. The summed E-state index contributed by atoms with van der Waals surface area (Å²) in [6.07, 6.45) is 8.65. The number of carbonyl (C=O) groups excluding carboxylic acids is 1. The van der Waals surface area contributed by atoms with Gasteiger partial charge in [0.15, 0.2) is 0 Å². The number of halogens is 1. The molecule has 0 radical (unpaired) electrons. The van der Waals surface area contributed by atoms with E-state index in [9.17, 15) is 13.2 Å². The van der Waals surface area contributed by atoms with Crippen LogP contribution in [0.1, 0.15) is 55.3 Å². The van der Waals surface area contributed by atoms with Gasteiger partial charge in [0, 0.05) is 93.1 Å². The number of carbonyl (C=O) groups is 1. The van der Waals surface area contributed by atoms with Gasteiger partial charge >= 0.3 is 0 Å². The summed E-state index contributed by atoms with van der Waals surface area (Å²) in [5.41, 5.74) is 5.14. The van der Waals surface area contributed by atoms with Crippen LogP contribution in [-0.2, 0) is 45.5 Å². The molecule has 0 bridgehead atoms. The van der Waals surface area contributed by atoms with Crippen molar-refractivity contribution < 1.29 is 17.9 Å². The van der Waals surface area contributed by atoms with Crippen molar-refractivity contribution in [1.82, 2.24) is 28.8 Å². The van der Waals surface area contributed by atoms with Crippen molar-refractivity contribution in [2.45, 2.75) is 70.5 Å². The highest BCUT2D eigenvalue weighted by molar-refractivity contribution is 7.88. The fourth-order valence-corrected chi connectivity index (χ4v) is 8.35. The van der Waals surface area contributed by atoms with E-state index in [-0.39, 0.29) is 0 Å². The molecule has 5 heterocycles. The van der Waals surface area contributed by atoms with E-state index in [1.807, 2.05) is 12.1 Å². The number of benzene rings is 1. The van der Waals surface area contributed by atoms with Crippen LogP contribution in [0.4, 0.5) is 0 Å². The number of ether oxygens (including phenoxy) is 1. The second kappa shape index (κ2) is 14.2. The average Bonchev–Trinajstić information content (AvgIpc) is 3.62. The van der Waals surface area contributed by atoms with Gasteiger partial charge in [-0.15, -0.1) is 0 Å². The number of hydrogen-bond donors (Lipinski definition) is 0. The number of rotatable bonds is 11. The Labute approximate surface area is 267 Å². The fraction of sp³-hybridized carbons (Fsp3) is 0.688. The number of hydrogen-bond acceptors (Lipinski definition) is 7. The molecule has 0 saturated carbocycles. The minimum absolute atomic E-state index is 0.331. The second-order valence-electron chi connectivity index (χ2n) is 12.8. The summed E-state index contributed by atoms with van der Waals surface area (Å²) in [7, 11) is -3.31. The first kappa shape index (κ1) is 31.9. The molecule has 44 heavy (non-hydrogen) atoms. The zero-order valence-electron chi connectivity index (χ0n) is 26.1. The number of piperidine rings is 1. The third-order valence-electron chi connectivity index (χ3n) is 9.86. The Morgan fingerprint density at radius 3 is 2.43 bits per heavy atom. The van der Waals surface area contributed by atoms with Crippen molar-refractivity contribution in [3.63, 3.8) is 0 Å².